The average Bonchev–Trinajstić information content (AvgIpc) is 2.96. The number of hydrogen-bond donors (Lipinski definition) is 1. The molecular weight excluding hydrogens is 295 g/mol. The van der Waals surface area contributed by atoms with Crippen molar-refractivity contribution in [3.8, 4) is 0 Å². The predicted octanol–water partition coefficient (Wildman–Crippen LogP) is 4.37. The van der Waals surface area contributed by atoms with Crippen LogP contribution in [0, 0.1) is 5.82 Å². The molecular formula is C18H11FN2O2. The van der Waals surface area contributed by atoms with E-state index in [-0.39, 0.29) is 11.7 Å². The van der Waals surface area contributed by atoms with Crippen molar-refractivity contribution in [2.75, 3.05) is 5.32 Å². The summed E-state index contributed by atoms with van der Waals surface area (Å²) in [7, 11) is 0. The smallest absolute Gasteiger partial charge is 0.257 e. The third-order valence-electron chi connectivity index (χ3n) is 3.70. The fourth-order valence-corrected chi connectivity index (χ4v) is 2.60. The van der Waals surface area contributed by atoms with Gasteiger partial charge in [0.2, 0.25) is 0 Å². The number of benzene rings is 3. The molecule has 0 unspecified atom stereocenters. The molecule has 5 heteroatoms. The molecule has 1 N–H and O–H groups in total. The van der Waals surface area contributed by atoms with Gasteiger partial charge < -0.3 is 9.84 Å². The van der Waals surface area contributed by atoms with E-state index < -0.39 is 5.82 Å². The molecule has 23 heavy (non-hydrogen) atoms. The van der Waals surface area contributed by atoms with Crippen molar-refractivity contribution in [3.63, 3.8) is 0 Å². The maximum Gasteiger partial charge on any atom is 0.257 e. The van der Waals surface area contributed by atoms with Crippen molar-refractivity contribution in [1.82, 2.24) is 5.16 Å². The molecule has 0 fully saturated rings. The molecule has 0 radical (unpaired) electrons. The number of rotatable bonds is 2. The minimum absolute atomic E-state index is 0.206. The minimum Gasteiger partial charge on any atom is -0.354 e. The number of anilines is 1. The van der Waals surface area contributed by atoms with Gasteiger partial charge in [-0.2, -0.15) is 0 Å². The average molecular weight is 306 g/mol. The topological polar surface area (TPSA) is 55.1 Å². The third-order valence-corrected chi connectivity index (χ3v) is 3.70. The van der Waals surface area contributed by atoms with Gasteiger partial charge in [-0.25, -0.2) is 4.39 Å². The van der Waals surface area contributed by atoms with Gasteiger partial charge in [0.25, 0.3) is 5.91 Å². The molecule has 4 nitrogen and oxygen atoms in total. The van der Waals surface area contributed by atoms with Gasteiger partial charge >= 0.3 is 0 Å². The van der Waals surface area contributed by atoms with E-state index in [2.05, 4.69) is 10.5 Å². The summed E-state index contributed by atoms with van der Waals surface area (Å²) in [6.45, 7) is 0. The van der Waals surface area contributed by atoms with Gasteiger partial charge in [-0.15, -0.1) is 0 Å². The Morgan fingerprint density at radius 1 is 1.00 bits per heavy atom. The van der Waals surface area contributed by atoms with Crippen LogP contribution in [0.5, 0.6) is 0 Å². The van der Waals surface area contributed by atoms with E-state index in [1.807, 2.05) is 36.4 Å². The highest BCUT2D eigenvalue weighted by molar-refractivity contribution is 6.14. The Bertz CT molecular complexity index is 1030. The second-order valence-corrected chi connectivity index (χ2v) is 5.15. The fourth-order valence-electron chi connectivity index (χ4n) is 2.60. The van der Waals surface area contributed by atoms with Gasteiger partial charge in [0, 0.05) is 5.56 Å². The van der Waals surface area contributed by atoms with Crippen LogP contribution in [-0.4, -0.2) is 11.1 Å². The van der Waals surface area contributed by atoms with Crippen LogP contribution in [0.15, 0.2) is 65.2 Å². The first kappa shape index (κ1) is 13.5. The molecule has 1 amide bonds. The first-order chi connectivity index (χ1) is 11.2. The first-order valence-corrected chi connectivity index (χ1v) is 7.06. The van der Waals surface area contributed by atoms with Gasteiger partial charge in [0.15, 0.2) is 11.4 Å². The van der Waals surface area contributed by atoms with Crippen LogP contribution in [0.1, 0.15) is 10.4 Å². The van der Waals surface area contributed by atoms with E-state index in [0.717, 1.165) is 10.8 Å². The number of amides is 1. The number of nitrogens with zero attached hydrogens (tertiary/aromatic N) is 1. The van der Waals surface area contributed by atoms with Gasteiger partial charge in [-0.05, 0) is 35.0 Å². The Labute approximate surface area is 130 Å². The lowest BCUT2D eigenvalue weighted by Gasteiger charge is -2.06. The summed E-state index contributed by atoms with van der Waals surface area (Å²) in [5, 5.41) is 8.74. The molecule has 1 heterocycles. The summed E-state index contributed by atoms with van der Waals surface area (Å²) >= 11 is 0. The highest BCUT2D eigenvalue weighted by Crippen LogP contribution is 2.25. The number of hydrogen-bond acceptors (Lipinski definition) is 3. The molecule has 4 rings (SSSR count). The van der Waals surface area contributed by atoms with E-state index in [0.29, 0.717) is 16.5 Å². The summed E-state index contributed by atoms with van der Waals surface area (Å²) in [5.41, 5.74) is 0.940. The molecule has 0 atom stereocenters. The number of fused-ring (bicyclic) bond motifs is 2. The molecule has 4 aromatic rings. The molecule has 0 saturated heterocycles. The number of aromatic nitrogens is 1. The number of carbonyl (C=O) groups excluding carboxylic acids is 1. The van der Waals surface area contributed by atoms with Crippen molar-refractivity contribution < 1.29 is 13.7 Å². The minimum atomic E-state index is -0.415. The second-order valence-electron chi connectivity index (χ2n) is 5.15. The first-order valence-electron chi connectivity index (χ1n) is 7.06. The van der Waals surface area contributed by atoms with E-state index in [9.17, 15) is 9.18 Å². The molecule has 0 aliphatic rings. The van der Waals surface area contributed by atoms with Gasteiger partial charge in [-0.1, -0.05) is 41.6 Å². The van der Waals surface area contributed by atoms with Crippen molar-refractivity contribution >= 4 is 33.5 Å². The van der Waals surface area contributed by atoms with Gasteiger partial charge in [0.1, 0.15) is 5.82 Å². The molecule has 0 bridgehead atoms. The third kappa shape index (κ3) is 2.32. The monoisotopic (exact) mass is 306 g/mol. The normalized spacial score (nSPS) is 11.0. The van der Waals surface area contributed by atoms with Crippen LogP contribution in [0.3, 0.4) is 0 Å². The lowest BCUT2D eigenvalue weighted by atomic mass is 10.0. The summed E-state index contributed by atoms with van der Waals surface area (Å²) in [6.07, 6.45) is 0. The zero-order chi connectivity index (χ0) is 15.8. The van der Waals surface area contributed by atoms with Crippen molar-refractivity contribution in [2.45, 2.75) is 0 Å². The Kier molecular flexibility index (Phi) is 3.05. The maximum absolute atomic E-state index is 13.4. The Hall–Kier alpha value is -3.21. The summed E-state index contributed by atoms with van der Waals surface area (Å²) in [6, 6.07) is 17.1. The van der Waals surface area contributed by atoms with Crippen molar-refractivity contribution in [1.29, 1.82) is 0 Å². The molecule has 3 aromatic carbocycles. The zero-order valence-corrected chi connectivity index (χ0v) is 11.9. The Morgan fingerprint density at radius 3 is 2.74 bits per heavy atom. The van der Waals surface area contributed by atoms with E-state index in [1.165, 1.54) is 18.2 Å². The summed E-state index contributed by atoms with van der Waals surface area (Å²) in [4.78, 5) is 12.6. The molecule has 0 spiro atoms. The van der Waals surface area contributed by atoms with Crippen molar-refractivity contribution in [3.05, 3.63) is 72.0 Å². The van der Waals surface area contributed by atoms with Crippen LogP contribution in [-0.2, 0) is 0 Å². The zero-order valence-electron chi connectivity index (χ0n) is 11.9. The Balaban J connectivity index is 1.75. The van der Waals surface area contributed by atoms with Crippen LogP contribution in [0.2, 0.25) is 0 Å². The lowest BCUT2D eigenvalue weighted by Crippen LogP contribution is -2.12. The van der Waals surface area contributed by atoms with Crippen LogP contribution in [0.4, 0.5) is 10.2 Å². The quantitative estimate of drug-likeness (QED) is 0.598. The number of carbonyl (C=O) groups is 1. The standard InChI is InChI=1S/C18H11FN2O2/c19-12-8-9-16-15(10-12)17(21-23-16)20-18(22)14-7-3-5-11-4-1-2-6-13(11)14/h1-10H,(H,20,21,22). The molecule has 0 aliphatic heterocycles. The highest BCUT2D eigenvalue weighted by atomic mass is 19.1. The highest BCUT2D eigenvalue weighted by Gasteiger charge is 2.15. The SMILES string of the molecule is O=C(Nc1noc2ccc(F)cc12)c1cccc2ccccc12. The summed E-state index contributed by atoms with van der Waals surface area (Å²) < 4.78 is 18.5. The van der Waals surface area contributed by atoms with Crippen LogP contribution < -0.4 is 5.32 Å². The van der Waals surface area contributed by atoms with Crippen molar-refractivity contribution in [2.24, 2.45) is 0 Å². The van der Waals surface area contributed by atoms with Gasteiger partial charge in [0.05, 0.1) is 5.39 Å². The molecule has 0 saturated carbocycles. The second kappa shape index (κ2) is 5.21. The molecule has 1 aromatic heterocycles. The van der Waals surface area contributed by atoms with Gasteiger partial charge in [-0.3, -0.25) is 4.79 Å². The number of nitrogens with one attached hydrogen (secondary N) is 1. The van der Waals surface area contributed by atoms with Crippen LogP contribution >= 0.6 is 0 Å². The fraction of sp³-hybridized carbons (Fsp3) is 0. The Morgan fingerprint density at radius 2 is 1.83 bits per heavy atom. The number of halogens is 1. The molecule has 0 aliphatic carbocycles. The lowest BCUT2D eigenvalue weighted by molar-refractivity contribution is 0.102. The predicted molar refractivity (Wildman–Crippen MR) is 85.9 cm³/mol. The van der Waals surface area contributed by atoms with E-state index >= 15 is 0 Å². The maximum atomic E-state index is 13.4. The van der Waals surface area contributed by atoms with E-state index in [1.54, 1.807) is 6.07 Å². The summed E-state index contributed by atoms with van der Waals surface area (Å²) in [5.74, 6) is -0.528. The van der Waals surface area contributed by atoms with E-state index in [4.69, 9.17) is 4.52 Å². The molecule has 112 valence electrons. The van der Waals surface area contributed by atoms with Crippen LogP contribution in [0.25, 0.3) is 21.7 Å². The largest absolute Gasteiger partial charge is 0.354 e.